The van der Waals surface area contributed by atoms with Gasteiger partial charge in [0.2, 0.25) is 16.0 Å². The molecule has 1 saturated heterocycles. The molecule has 0 spiro atoms. The number of nitrogen functional groups attached to an aromatic ring is 1. The van der Waals surface area contributed by atoms with E-state index in [-0.39, 0.29) is 29.8 Å². The minimum absolute atomic E-state index is 0.0921. The Labute approximate surface area is 160 Å². The summed E-state index contributed by atoms with van der Waals surface area (Å²) in [5.74, 6) is -0.0835. The number of sulfonamides is 1. The van der Waals surface area contributed by atoms with E-state index >= 15 is 0 Å². The van der Waals surface area contributed by atoms with Crippen LogP contribution < -0.4 is 5.73 Å². The third-order valence-corrected chi connectivity index (χ3v) is 5.32. The number of fused-ring (bicyclic) bond motifs is 1. The molecule has 2 aromatic rings. The van der Waals surface area contributed by atoms with Crippen LogP contribution in [-0.4, -0.2) is 62.9 Å². The van der Waals surface area contributed by atoms with Crippen LogP contribution in [0.4, 0.5) is 19.1 Å². The van der Waals surface area contributed by atoms with Gasteiger partial charge in [0.25, 0.3) is 0 Å². The van der Waals surface area contributed by atoms with Gasteiger partial charge in [0.1, 0.15) is 11.3 Å². The van der Waals surface area contributed by atoms with Crippen LogP contribution in [0.5, 0.6) is 0 Å². The maximum atomic E-state index is 12.7. The van der Waals surface area contributed by atoms with Gasteiger partial charge in [0.15, 0.2) is 5.69 Å². The summed E-state index contributed by atoms with van der Waals surface area (Å²) in [7, 11) is -3.09. The number of nitrogens with zero attached hydrogens (tertiary/aromatic N) is 5. The molecule has 1 unspecified atom stereocenters. The first kappa shape index (κ1) is 22.3. The summed E-state index contributed by atoms with van der Waals surface area (Å²) in [5, 5.41) is 12.9. The molecule has 158 valence electrons. The lowest BCUT2D eigenvalue weighted by molar-refractivity contribution is -0.139. The molecule has 1 fully saturated rings. The Bertz CT molecular complexity index is 929. The molecule has 0 amide bonds. The normalized spacial score (nSPS) is 18.9. The van der Waals surface area contributed by atoms with E-state index in [1.54, 1.807) is 13.8 Å². The molecule has 1 atom stereocenters. The molecular formula is C15H23F3N6O3S. The lowest BCUT2D eigenvalue weighted by atomic mass is 10.1. The number of aliphatic hydroxyl groups excluding tert-OH is 1. The van der Waals surface area contributed by atoms with Crippen molar-refractivity contribution >= 4 is 21.5 Å². The number of alkyl halides is 3. The third kappa shape index (κ3) is 5.29. The monoisotopic (exact) mass is 424 g/mol. The van der Waals surface area contributed by atoms with E-state index in [9.17, 15) is 21.6 Å². The van der Waals surface area contributed by atoms with Gasteiger partial charge in [0, 0.05) is 19.0 Å². The van der Waals surface area contributed by atoms with Crippen LogP contribution in [-0.2, 0) is 16.2 Å². The molecule has 2 aromatic heterocycles. The van der Waals surface area contributed by atoms with Crippen molar-refractivity contribution < 1.29 is 26.7 Å². The number of β-amino-alcohol motifs (C(OH)–C–C–N with tert-alkyl or cyclic N) is 1. The highest BCUT2D eigenvalue weighted by Gasteiger charge is 2.37. The van der Waals surface area contributed by atoms with Crippen molar-refractivity contribution in [2.45, 2.75) is 44.9 Å². The predicted octanol–water partition coefficient (Wildman–Crippen LogP) is 1.25. The maximum Gasteiger partial charge on any atom is 0.435 e. The van der Waals surface area contributed by atoms with Gasteiger partial charge in [-0.1, -0.05) is 13.8 Å². The molecule has 3 heterocycles. The summed E-state index contributed by atoms with van der Waals surface area (Å²) in [4.78, 5) is 7.14. The average molecular weight is 424 g/mol. The van der Waals surface area contributed by atoms with E-state index in [4.69, 9.17) is 10.8 Å². The molecule has 0 radical (unpaired) electrons. The van der Waals surface area contributed by atoms with Gasteiger partial charge >= 0.3 is 6.18 Å². The van der Waals surface area contributed by atoms with Crippen molar-refractivity contribution in [1.29, 1.82) is 0 Å². The molecular weight excluding hydrogens is 401 g/mol. The Kier molecular flexibility index (Phi) is 6.51. The second-order valence-electron chi connectivity index (χ2n) is 6.80. The van der Waals surface area contributed by atoms with Crippen molar-refractivity contribution in [3.63, 3.8) is 0 Å². The molecule has 9 nitrogen and oxygen atoms in total. The van der Waals surface area contributed by atoms with E-state index in [1.807, 2.05) is 0 Å². The number of hydrogen-bond acceptors (Lipinski definition) is 7. The Balaban J connectivity index is 0.000000221. The Morgan fingerprint density at radius 2 is 2.00 bits per heavy atom. The molecule has 0 bridgehead atoms. The van der Waals surface area contributed by atoms with Crippen LogP contribution in [0.1, 0.15) is 44.1 Å². The molecule has 0 saturated carbocycles. The summed E-state index contributed by atoms with van der Waals surface area (Å²) in [6.45, 7) is 4.27. The molecule has 1 aliphatic heterocycles. The molecule has 0 aromatic carbocycles. The number of nitrogens with two attached hydrogens (primary N) is 1. The number of aromatic nitrogens is 4. The first-order chi connectivity index (χ1) is 12.8. The van der Waals surface area contributed by atoms with Crippen molar-refractivity contribution in [3.05, 3.63) is 17.7 Å². The van der Waals surface area contributed by atoms with E-state index in [1.165, 1.54) is 10.6 Å². The Hall–Kier alpha value is -1.99. The van der Waals surface area contributed by atoms with Gasteiger partial charge in [-0.25, -0.2) is 22.9 Å². The van der Waals surface area contributed by atoms with Crippen LogP contribution in [0.25, 0.3) is 5.52 Å². The SMILES string of the molecule is CC(C)c1nc(C(F)(F)F)c2cnc(N)nn12.CS(=O)(=O)N1CCCC(O)C1. The zero-order valence-electron chi connectivity index (χ0n) is 15.7. The summed E-state index contributed by atoms with van der Waals surface area (Å²) in [5.41, 5.74) is 4.19. The van der Waals surface area contributed by atoms with E-state index in [0.29, 0.717) is 13.0 Å². The number of piperidine rings is 1. The highest BCUT2D eigenvalue weighted by molar-refractivity contribution is 7.88. The summed E-state index contributed by atoms with van der Waals surface area (Å²) >= 11 is 0. The summed E-state index contributed by atoms with van der Waals surface area (Å²) in [6.07, 6.45) is -1.33. The van der Waals surface area contributed by atoms with Gasteiger partial charge in [-0.2, -0.15) is 17.5 Å². The highest BCUT2D eigenvalue weighted by Crippen LogP contribution is 2.33. The van der Waals surface area contributed by atoms with Crippen molar-refractivity contribution in [3.8, 4) is 0 Å². The summed E-state index contributed by atoms with van der Waals surface area (Å²) in [6, 6.07) is 0. The standard InChI is InChI=1S/C9H10F3N5.C6H13NO3S/c1-4(2)7-15-6(9(10,11)12)5-3-14-8(13)16-17(5)7;1-11(9,10)7-4-2-3-6(8)5-7/h3-4H,1-2H3,(H2,13,16);6,8H,2-5H2,1H3. The van der Waals surface area contributed by atoms with Crippen LogP contribution >= 0.6 is 0 Å². The minimum Gasteiger partial charge on any atom is -0.392 e. The molecule has 1 aliphatic rings. The zero-order valence-corrected chi connectivity index (χ0v) is 16.5. The quantitative estimate of drug-likeness (QED) is 0.743. The zero-order chi connectivity index (χ0) is 21.3. The third-order valence-electron chi connectivity index (χ3n) is 4.05. The Morgan fingerprint density at radius 1 is 1.36 bits per heavy atom. The van der Waals surface area contributed by atoms with Crippen LogP contribution in [0.3, 0.4) is 0 Å². The second-order valence-corrected chi connectivity index (χ2v) is 8.78. The fourth-order valence-corrected chi connectivity index (χ4v) is 3.63. The fourth-order valence-electron chi connectivity index (χ4n) is 2.72. The van der Waals surface area contributed by atoms with Gasteiger partial charge in [0.05, 0.1) is 18.6 Å². The number of aliphatic hydroxyl groups is 1. The molecule has 0 aliphatic carbocycles. The predicted molar refractivity (Wildman–Crippen MR) is 95.9 cm³/mol. The van der Waals surface area contributed by atoms with Crippen LogP contribution in [0.2, 0.25) is 0 Å². The summed E-state index contributed by atoms with van der Waals surface area (Å²) < 4.78 is 62.5. The van der Waals surface area contributed by atoms with Gasteiger partial charge in [-0.3, -0.25) is 0 Å². The first-order valence-corrected chi connectivity index (χ1v) is 10.4. The second kappa shape index (κ2) is 8.17. The van der Waals surface area contributed by atoms with E-state index in [2.05, 4.69) is 15.1 Å². The number of rotatable bonds is 2. The van der Waals surface area contributed by atoms with Crippen LogP contribution in [0, 0.1) is 0 Å². The Morgan fingerprint density at radius 3 is 2.46 bits per heavy atom. The molecule has 13 heteroatoms. The van der Waals surface area contributed by atoms with Crippen molar-refractivity contribution in [1.82, 2.24) is 23.9 Å². The number of hydrogen-bond donors (Lipinski definition) is 2. The van der Waals surface area contributed by atoms with Gasteiger partial charge in [-0.15, -0.1) is 5.10 Å². The maximum absolute atomic E-state index is 12.7. The number of imidazole rings is 1. The smallest absolute Gasteiger partial charge is 0.392 e. The van der Waals surface area contributed by atoms with Crippen molar-refractivity contribution in [2.24, 2.45) is 0 Å². The van der Waals surface area contributed by atoms with Crippen LogP contribution in [0.15, 0.2) is 6.20 Å². The molecule has 28 heavy (non-hydrogen) atoms. The van der Waals surface area contributed by atoms with Gasteiger partial charge in [-0.05, 0) is 12.8 Å². The van der Waals surface area contributed by atoms with E-state index < -0.39 is 28.0 Å². The highest BCUT2D eigenvalue weighted by atomic mass is 32.2. The fraction of sp³-hybridized carbons (Fsp3) is 0.667. The van der Waals surface area contributed by atoms with Gasteiger partial charge < -0.3 is 10.8 Å². The molecule has 3 N–H and O–H groups in total. The average Bonchev–Trinajstić information content (AvgIpc) is 2.93. The number of anilines is 1. The minimum atomic E-state index is -4.53. The first-order valence-electron chi connectivity index (χ1n) is 8.52. The van der Waals surface area contributed by atoms with E-state index in [0.717, 1.165) is 17.1 Å². The largest absolute Gasteiger partial charge is 0.435 e. The topological polar surface area (TPSA) is 127 Å². The van der Waals surface area contributed by atoms with Crippen molar-refractivity contribution in [2.75, 3.05) is 25.1 Å². The lowest BCUT2D eigenvalue weighted by Crippen LogP contribution is -2.41. The lowest BCUT2D eigenvalue weighted by Gasteiger charge is -2.27. The number of halogens is 3. The molecule has 3 rings (SSSR count).